The number of hydrogen-bond acceptors (Lipinski definition) is 7. The molecule has 2 fully saturated rings. The molecule has 0 aromatic carbocycles. The van der Waals surface area contributed by atoms with Gasteiger partial charge in [0.05, 0.1) is 17.8 Å². The Labute approximate surface area is 197 Å². The molecule has 3 N–H and O–H groups in total. The van der Waals surface area contributed by atoms with Crippen molar-refractivity contribution in [2.45, 2.75) is 117 Å². The lowest BCUT2D eigenvalue weighted by atomic mass is 9.54. The van der Waals surface area contributed by atoms with Crippen LogP contribution < -0.4 is 0 Å². The lowest BCUT2D eigenvalue weighted by molar-refractivity contribution is -0.338. The van der Waals surface area contributed by atoms with Crippen molar-refractivity contribution in [3.05, 3.63) is 23.3 Å². The first-order chi connectivity index (χ1) is 15.3. The number of allylic oxidation sites excluding steroid dienone is 3. The molecule has 3 rings (SSSR count). The van der Waals surface area contributed by atoms with Crippen molar-refractivity contribution in [3.63, 3.8) is 0 Å². The predicted molar refractivity (Wildman–Crippen MR) is 124 cm³/mol. The van der Waals surface area contributed by atoms with E-state index in [1.807, 2.05) is 6.92 Å². The lowest BCUT2D eigenvalue weighted by Crippen LogP contribution is -2.63. The molecule has 1 saturated carbocycles. The van der Waals surface area contributed by atoms with Gasteiger partial charge >= 0.3 is 5.97 Å². The molecule has 0 spiro atoms. The summed E-state index contributed by atoms with van der Waals surface area (Å²) in [5.74, 6) is -0.164. The fourth-order valence-electron chi connectivity index (χ4n) is 5.69. The second-order valence-corrected chi connectivity index (χ2v) is 10.9. The smallest absolute Gasteiger partial charge is 0.333 e. The Morgan fingerprint density at radius 3 is 2.52 bits per heavy atom. The van der Waals surface area contributed by atoms with Crippen molar-refractivity contribution in [1.82, 2.24) is 0 Å². The summed E-state index contributed by atoms with van der Waals surface area (Å²) in [5, 5.41) is 32.1. The van der Waals surface area contributed by atoms with Crippen molar-refractivity contribution < 1.29 is 34.3 Å². The van der Waals surface area contributed by atoms with Crippen LogP contribution in [0.1, 0.15) is 74.1 Å². The molecular weight excluding hydrogens is 424 g/mol. The highest BCUT2D eigenvalue weighted by Gasteiger charge is 2.57. The lowest BCUT2D eigenvalue weighted by Gasteiger charge is -2.57. The molecule has 1 saturated heterocycles. The quantitative estimate of drug-likeness (QED) is 0.324. The van der Waals surface area contributed by atoms with Crippen molar-refractivity contribution in [2.24, 2.45) is 17.3 Å². The van der Waals surface area contributed by atoms with Crippen LogP contribution in [0.4, 0.5) is 0 Å². The molecule has 7 heteroatoms. The highest BCUT2D eigenvalue weighted by molar-refractivity contribution is 5.87. The van der Waals surface area contributed by atoms with E-state index in [4.69, 9.17) is 14.2 Å². The second kappa shape index (κ2) is 9.78. The molecule has 0 aromatic heterocycles. The summed E-state index contributed by atoms with van der Waals surface area (Å²) in [7, 11) is 0. The Hall–Kier alpha value is -1.25. The Kier molecular flexibility index (Phi) is 7.81. The van der Waals surface area contributed by atoms with Gasteiger partial charge in [-0.2, -0.15) is 0 Å². The SMILES string of the molecule is C/C=C(/C)C(=O)O[C@@H]1[C@H](O[C@]2(C)CC[C@H](O)[C@]3(C)CC=C(C(C)C)C[C@@H]32)O[C@H](C)[C@H](O)[C@H]1O. The zero-order valence-electron chi connectivity index (χ0n) is 21.1. The van der Waals surface area contributed by atoms with E-state index < -0.39 is 48.4 Å². The highest BCUT2D eigenvalue weighted by atomic mass is 16.7. The molecule has 0 unspecified atom stereocenters. The number of ether oxygens (including phenoxy) is 3. The summed E-state index contributed by atoms with van der Waals surface area (Å²) < 4.78 is 18.2. The molecule has 1 heterocycles. The number of aliphatic hydroxyl groups is 3. The third kappa shape index (κ3) is 4.94. The van der Waals surface area contributed by atoms with Gasteiger partial charge in [-0.15, -0.1) is 0 Å². The first-order valence-electron chi connectivity index (χ1n) is 12.2. The molecule has 0 radical (unpaired) electrons. The van der Waals surface area contributed by atoms with E-state index in [2.05, 4.69) is 26.8 Å². The van der Waals surface area contributed by atoms with Gasteiger partial charge in [0.1, 0.15) is 12.2 Å². The van der Waals surface area contributed by atoms with Crippen LogP contribution in [0.5, 0.6) is 0 Å². The standard InChI is InChI=1S/C26H42O7/c1-8-15(4)23(30)32-22-21(29)20(28)16(5)31-24(22)33-26(7)12-10-19(27)25(6)11-9-17(14(2)3)13-18(25)26/h8-9,14,16,18-22,24,27-29H,10-13H2,1-7H3/b15-8-/t16-,18+,19+,20+,21-,22+,24+,25-,26-/m1/s1. The van der Waals surface area contributed by atoms with Crippen LogP contribution in [-0.2, 0) is 19.0 Å². The van der Waals surface area contributed by atoms with E-state index in [0.717, 1.165) is 12.8 Å². The van der Waals surface area contributed by atoms with Gasteiger partial charge in [0.15, 0.2) is 12.4 Å². The summed E-state index contributed by atoms with van der Waals surface area (Å²) in [6, 6.07) is 0. The molecular formula is C26H42O7. The molecule has 2 aliphatic carbocycles. The van der Waals surface area contributed by atoms with Crippen molar-refractivity contribution in [1.29, 1.82) is 0 Å². The number of carbonyl (C=O) groups is 1. The third-order valence-electron chi connectivity index (χ3n) is 8.36. The van der Waals surface area contributed by atoms with Crippen molar-refractivity contribution in [2.75, 3.05) is 0 Å². The molecule has 9 atom stereocenters. The van der Waals surface area contributed by atoms with Gasteiger partial charge in [-0.3, -0.25) is 0 Å². The molecule has 0 aromatic rings. The minimum atomic E-state index is -1.34. The predicted octanol–water partition coefficient (Wildman–Crippen LogP) is 3.26. The first-order valence-corrected chi connectivity index (χ1v) is 12.2. The summed E-state index contributed by atoms with van der Waals surface area (Å²) in [6.45, 7) is 13.5. The zero-order valence-corrected chi connectivity index (χ0v) is 21.1. The Morgan fingerprint density at radius 1 is 1.24 bits per heavy atom. The molecule has 3 aliphatic rings. The Bertz CT molecular complexity index is 790. The van der Waals surface area contributed by atoms with Crippen LogP contribution >= 0.6 is 0 Å². The maximum Gasteiger partial charge on any atom is 0.333 e. The maximum atomic E-state index is 12.5. The molecule has 1 aliphatic heterocycles. The van der Waals surface area contributed by atoms with Crippen LogP contribution in [0.15, 0.2) is 23.3 Å². The van der Waals surface area contributed by atoms with Gasteiger partial charge in [0, 0.05) is 11.0 Å². The Balaban J connectivity index is 1.91. The average Bonchev–Trinajstić information content (AvgIpc) is 2.77. The van der Waals surface area contributed by atoms with E-state index in [9.17, 15) is 20.1 Å². The number of esters is 1. The summed E-state index contributed by atoms with van der Waals surface area (Å²) in [6.07, 6.45) is 0.791. The van der Waals surface area contributed by atoms with Crippen LogP contribution in [0.25, 0.3) is 0 Å². The number of aliphatic hydroxyl groups excluding tert-OH is 3. The van der Waals surface area contributed by atoms with E-state index in [1.54, 1.807) is 26.8 Å². The van der Waals surface area contributed by atoms with Crippen LogP contribution in [0, 0.1) is 17.3 Å². The summed E-state index contributed by atoms with van der Waals surface area (Å²) in [4.78, 5) is 12.5. The zero-order chi connectivity index (χ0) is 24.7. The molecule has 0 bridgehead atoms. The Morgan fingerprint density at radius 2 is 1.91 bits per heavy atom. The summed E-state index contributed by atoms with van der Waals surface area (Å²) in [5.41, 5.74) is 0.723. The number of carbonyl (C=O) groups excluding carboxylic acids is 1. The minimum Gasteiger partial charge on any atom is -0.451 e. The normalized spacial score (nSPS) is 44.3. The van der Waals surface area contributed by atoms with Crippen LogP contribution in [0.2, 0.25) is 0 Å². The molecule has 7 nitrogen and oxygen atoms in total. The number of rotatable bonds is 5. The number of hydrogen-bond donors (Lipinski definition) is 3. The first kappa shape index (κ1) is 26.4. The van der Waals surface area contributed by atoms with Gasteiger partial charge < -0.3 is 29.5 Å². The highest BCUT2D eigenvalue weighted by Crippen LogP contribution is 2.56. The van der Waals surface area contributed by atoms with Gasteiger partial charge in [-0.1, -0.05) is 38.5 Å². The van der Waals surface area contributed by atoms with Crippen molar-refractivity contribution >= 4 is 5.97 Å². The van der Waals surface area contributed by atoms with Crippen LogP contribution in [-0.4, -0.2) is 63.7 Å². The van der Waals surface area contributed by atoms with E-state index in [1.165, 1.54) is 5.57 Å². The van der Waals surface area contributed by atoms with Gasteiger partial charge in [0.2, 0.25) is 0 Å². The largest absolute Gasteiger partial charge is 0.451 e. The van der Waals surface area contributed by atoms with E-state index in [0.29, 0.717) is 24.3 Å². The fraction of sp³-hybridized carbons (Fsp3) is 0.808. The molecule has 188 valence electrons. The van der Waals surface area contributed by atoms with Crippen molar-refractivity contribution in [3.8, 4) is 0 Å². The maximum absolute atomic E-state index is 12.5. The third-order valence-corrected chi connectivity index (χ3v) is 8.36. The fourth-order valence-corrected chi connectivity index (χ4v) is 5.69. The van der Waals surface area contributed by atoms with Crippen LogP contribution in [0.3, 0.4) is 0 Å². The molecule has 33 heavy (non-hydrogen) atoms. The number of fused-ring (bicyclic) bond motifs is 1. The van der Waals surface area contributed by atoms with Gasteiger partial charge in [0.25, 0.3) is 0 Å². The second-order valence-electron chi connectivity index (χ2n) is 10.9. The minimum absolute atomic E-state index is 0.0210. The van der Waals surface area contributed by atoms with Gasteiger partial charge in [-0.25, -0.2) is 4.79 Å². The summed E-state index contributed by atoms with van der Waals surface area (Å²) >= 11 is 0. The topological polar surface area (TPSA) is 105 Å². The van der Waals surface area contributed by atoms with E-state index >= 15 is 0 Å². The van der Waals surface area contributed by atoms with Gasteiger partial charge in [-0.05, 0) is 65.2 Å². The molecule has 0 amide bonds. The average molecular weight is 467 g/mol. The van der Waals surface area contributed by atoms with E-state index in [-0.39, 0.29) is 11.3 Å². The monoisotopic (exact) mass is 466 g/mol.